The van der Waals surface area contributed by atoms with Gasteiger partial charge in [-0.05, 0) is 118 Å². The molecule has 13 nitrogen and oxygen atoms in total. The van der Waals surface area contributed by atoms with Gasteiger partial charge in [0, 0.05) is 56.1 Å². The first-order valence-corrected chi connectivity index (χ1v) is 20.3. The summed E-state index contributed by atoms with van der Waals surface area (Å²) in [5.41, 5.74) is 9.57. The lowest BCUT2D eigenvalue weighted by atomic mass is 9.90. The highest BCUT2D eigenvalue weighted by Gasteiger charge is 2.30. The Morgan fingerprint density at radius 1 is 0.964 bits per heavy atom. The number of para-hydroxylation sites is 1. The second-order valence-electron chi connectivity index (χ2n) is 16.4. The van der Waals surface area contributed by atoms with Gasteiger partial charge < -0.3 is 35.2 Å². The van der Waals surface area contributed by atoms with E-state index in [1.807, 2.05) is 50.5 Å². The quantitative estimate of drug-likeness (QED) is 0.151. The third-order valence-corrected chi connectivity index (χ3v) is 12.0. The van der Waals surface area contributed by atoms with Crippen LogP contribution in [0.15, 0.2) is 53.3 Å². The number of nitrogen functional groups attached to an aromatic ring is 1. The van der Waals surface area contributed by atoms with Gasteiger partial charge in [0.25, 0.3) is 0 Å². The zero-order valence-corrected chi connectivity index (χ0v) is 32.8. The van der Waals surface area contributed by atoms with Gasteiger partial charge in [-0.3, -0.25) is 4.79 Å². The van der Waals surface area contributed by atoms with Gasteiger partial charge in [-0.15, -0.1) is 10.2 Å². The van der Waals surface area contributed by atoms with Crippen molar-refractivity contribution in [2.75, 3.05) is 61.3 Å². The third kappa shape index (κ3) is 9.41. The second kappa shape index (κ2) is 17.7. The summed E-state index contributed by atoms with van der Waals surface area (Å²) in [4.78, 5) is 28.2. The van der Waals surface area contributed by atoms with Crippen molar-refractivity contribution in [1.82, 2.24) is 30.2 Å². The van der Waals surface area contributed by atoms with E-state index in [0.717, 1.165) is 89.3 Å². The van der Waals surface area contributed by atoms with Crippen LogP contribution in [0.25, 0.3) is 11.3 Å². The number of hydrogen-bond donors (Lipinski definition) is 3. The van der Waals surface area contributed by atoms with Crippen LogP contribution in [-0.2, 0) is 4.79 Å². The Balaban J connectivity index is 0.871. The zero-order valence-electron chi connectivity index (χ0n) is 32.8. The highest BCUT2D eigenvalue weighted by molar-refractivity contribution is 5.76. The number of nitrogens with two attached hydrogens (primary N) is 1. The highest BCUT2D eigenvalue weighted by Crippen LogP contribution is 2.35. The fourth-order valence-corrected chi connectivity index (χ4v) is 8.56. The molecule has 3 fully saturated rings. The summed E-state index contributed by atoms with van der Waals surface area (Å²) in [6.45, 7) is 12.7. The fraction of sp³-hybridized carbons (Fsp3) is 0.535. The highest BCUT2D eigenvalue weighted by atomic mass is 16.5. The minimum atomic E-state index is -0.874. The first-order chi connectivity index (χ1) is 27.1. The van der Waals surface area contributed by atoms with Gasteiger partial charge >= 0.3 is 5.97 Å². The molecule has 6 heterocycles. The molecule has 4 aromatic rings. The molecule has 0 aliphatic carbocycles. The number of likely N-dealkylation sites (tertiary alicyclic amines) is 1. The van der Waals surface area contributed by atoms with Crippen molar-refractivity contribution in [3.63, 3.8) is 0 Å². The average molecular weight is 762 g/mol. The number of rotatable bonds is 10. The van der Waals surface area contributed by atoms with Crippen molar-refractivity contribution < 1.29 is 19.5 Å². The largest absolute Gasteiger partial charge is 0.507 e. The molecule has 56 heavy (non-hydrogen) atoms. The molecule has 0 bridgehead atoms. The van der Waals surface area contributed by atoms with E-state index in [2.05, 4.69) is 58.8 Å². The number of phenols is 1. The van der Waals surface area contributed by atoms with Gasteiger partial charge in [-0.25, -0.2) is 9.97 Å². The number of aromatic nitrogens is 5. The van der Waals surface area contributed by atoms with Crippen molar-refractivity contribution >= 4 is 23.3 Å². The summed E-state index contributed by atoms with van der Waals surface area (Å²) in [5.74, 6) is 9.10. The molecular weight excluding hydrogens is 707 g/mol. The van der Waals surface area contributed by atoms with Crippen LogP contribution in [-0.4, -0.2) is 92.2 Å². The van der Waals surface area contributed by atoms with Gasteiger partial charge in [0.1, 0.15) is 11.7 Å². The van der Waals surface area contributed by atoms with E-state index < -0.39 is 11.9 Å². The SMILES string of the molecule is CC1CCC(C#Cc2ncc(C3CCN(CCC4CCN(c5cc(C(C(=O)O)C(C)C)on5)CC4)CC3)cn2)CN(c2cc(-c3ccccc3O)nnc2N)C1. The van der Waals surface area contributed by atoms with Crippen LogP contribution in [0.4, 0.5) is 17.3 Å². The molecule has 3 aromatic heterocycles. The maximum atomic E-state index is 11.7. The van der Waals surface area contributed by atoms with Gasteiger partial charge in [-0.2, -0.15) is 0 Å². The Bertz CT molecular complexity index is 1990. The molecule has 0 saturated carbocycles. The zero-order chi connectivity index (χ0) is 39.2. The van der Waals surface area contributed by atoms with Crippen LogP contribution >= 0.6 is 0 Å². The third-order valence-electron chi connectivity index (χ3n) is 12.0. The van der Waals surface area contributed by atoms with E-state index in [4.69, 9.17) is 10.3 Å². The maximum absolute atomic E-state index is 11.7. The monoisotopic (exact) mass is 761 g/mol. The molecular formula is C43H55N9O4. The Hall–Kier alpha value is -5.22. The first kappa shape index (κ1) is 39.0. The molecule has 3 aliphatic rings. The molecule has 4 N–H and O–H groups in total. The van der Waals surface area contributed by atoms with E-state index in [1.54, 1.807) is 12.1 Å². The Morgan fingerprint density at radius 3 is 2.43 bits per heavy atom. The number of nitrogens with zero attached hydrogens (tertiary/aromatic N) is 8. The fourth-order valence-electron chi connectivity index (χ4n) is 8.56. The Kier molecular flexibility index (Phi) is 12.3. The number of carbonyl (C=O) groups is 1. The van der Waals surface area contributed by atoms with Crippen LogP contribution < -0.4 is 15.5 Å². The normalized spacial score (nSPS) is 20.7. The van der Waals surface area contributed by atoms with Gasteiger partial charge in [0.2, 0.25) is 5.82 Å². The van der Waals surface area contributed by atoms with Crippen LogP contribution in [0.2, 0.25) is 0 Å². The van der Waals surface area contributed by atoms with E-state index in [9.17, 15) is 15.0 Å². The number of anilines is 3. The maximum Gasteiger partial charge on any atom is 0.314 e. The molecule has 1 aromatic carbocycles. The van der Waals surface area contributed by atoms with Gasteiger partial charge in [-0.1, -0.05) is 44.0 Å². The van der Waals surface area contributed by atoms with Crippen molar-refractivity contribution in [2.45, 2.75) is 77.6 Å². The Morgan fingerprint density at radius 2 is 1.71 bits per heavy atom. The average Bonchev–Trinajstić information content (AvgIpc) is 3.59. The molecule has 0 radical (unpaired) electrons. The predicted octanol–water partition coefficient (Wildman–Crippen LogP) is 6.42. The lowest BCUT2D eigenvalue weighted by Crippen LogP contribution is -2.37. The first-order valence-electron chi connectivity index (χ1n) is 20.3. The second-order valence-corrected chi connectivity index (χ2v) is 16.4. The number of carboxylic acids is 1. The molecule has 3 unspecified atom stereocenters. The standard InChI is InChI=1S/C43H55N9O4/c1-28(2)41(43(54)55)38-23-40(49-56-38)51-20-13-30(14-21-51)12-17-50-18-15-32(16-19-50)33-24-45-39(46-25-33)11-10-31-9-8-29(3)26-52(27-31)36-22-35(47-48-42(36)44)34-6-4-5-7-37(34)53/h4-7,22-25,28-32,41,53H,8-9,12-21,26-27H2,1-3H3,(H2,44,48)(H,54,55). The van der Waals surface area contributed by atoms with Crippen molar-refractivity contribution in [2.24, 2.45) is 23.7 Å². The molecule has 0 spiro atoms. The van der Waals surface area contributed by atoms with Gasteiger partial charge in [0.15, 0.2) is 17.4 Å². The lowest BCUT2D eigenvalue weighted by Gasteiger charge is -2.35. The number of phenolic OH excluding ortho intramolecular Hbond substituents is 1. The molecule has 13 heteroatoms. The summed E-state index contributed by atoms with van der Waals surface area (Å²) < 4.78 is 5.47. The van der Waals surface area contributed by atoms with Crippen LogP contribution in [0.5, 0.6) is 5.75 Å². The van der Waals surface area contributed by atoms with E-state index >= 15 is 0 Å². The summed E-state index contributed by atoms with van der Waals surface area (Å²) in [6.07, 6.45) is 11.6. The van der Waals surface area contributed by atoms with Crippen LogP contribution in [0.3, 0.4) is 0 Å². The number of aromatic hydroxyl groups is 1. The summed E-state index contributed by atoms with van der Waals surface area (Å²) >= 11 is 0. The van der Waals surface area contributed by atoms with Crippen molar-refractivity contribution in [1.29, 1.82) is 0 Å². The smallest absolute Gasteiger partial charge is 0.314 e. The summed E-state index contributed by atoms with van der Waals surface area (Å²) in [5, 5.41) is 32.8. The minimum absolute atomic E-state index is 0.0644. The van der Waals surface area contributed by atoms with Crippen LogP contribution in [0, 0.1) is 35.5 Å². The molecule has 7 rings (SSSR count). The van der Waals surface area contributed by atoms with Crippen LogP contribution in [0.1, 0.15) is 94.7 Å². The number of piperidine rings is 2. The van der Waals surface area contributed by atoms with E-state index in [-0.39, 0.29) is 17.6 Å². The predicted molar refractivity (Wildman–Crippen MR) is 216 cm³/mol. The van der Waals surface area contributed by atoms with E-state index in [1.165, 1.54) is 12.0 Å². The van der Waals surface area contributed by atoms with Crippen molar-refractivity contribution in [3.05, 3.63) is 65.9 Å². The molecule has 296 valence electrons. The number of hydrogen-bond acceptors (Lipinski definition) is 12. The summed E-state index contributed by atoms with van der Waals surface area (Å²) in [7, 11) is 0. The van der Waals surface area contributed by atoms with Gasteiger partial charge in [0.05, 0.1) is 11.4 Å². The lowest BCUT2D eigenvalue weighted by molar-refractivity contribution is -0.140. The minimum Gasteiger partial charge on any atom is -0.507 e. The molecule has 3 atom stereocenters. The molecule has 0 amide bonds. The number of carboxylic acid groups (broad SMARTS) is 1. The molecule has 3 saturated heterocycles. The number of benzene rings is 1. The summed E-state index contributed by atoms with van der Waals surface area (Å²) in [6, 6.07) is 10.9. The number of aliphatic carboxylic acids is 1. The van der Waals surface area contributed by atoms with Crippen molar-refractivity contribution in [3.8, 4) is 28.8 Å². The Labute approximate surface area is 329 Å². The molecule has 3 aliphatic heterocycles. The van der Waals surface area contributed by atoms with E-state index in [0.29, 0.717) is 53.0 Å². The topological polar surface area (TPSA) is 171 Å².